The first-order chi connectivity index (χ1) is 10.9. The van der Waals surface area contributed by atoms with Gasteiger partial charge in [0.1, 0.15) is 0 Å². The maximum Gasteiger partial charge on any atom is 0.414 e. The van der Waals surface area contributed by atoms with Gasteiger partial charge in [-0.3, -0.25) is 10.1 Å². The van der Waals surface area contributed by atoms with Gasteiger partial charge in [0.05, 0.1) is 23.3 Å². The van der Waals surface area contributed by atoms with E-state index in [1.54, 1.807) is 6.92 Å². The molecule has 8 heteroatoms. The molecule has 2 rings (SSSR count). The lowest BCUT2D eigenvalue weighted by Gasteiger charge is -2.14. The number of imide groups is 1. The lowest BCUT2D eigenvalue weighted by atomic mass is 10.2. The number of esters is 1. The molecule has 0 unspecified atom stereocenters. The fourth-order valence-corrected chi connectivity index (χ4v) is 3.55. The van der Waals surface area contributed by atoms with E-state index in [9.17, 15) is 14.4 Å². The summed E-state index contributed by atoms with van der Waals surface area (Å²) < 4.78 is 9.90. The number of nitrogens with one attached hydrogen (secondary N) is 1. The van der Waals surface area contributed by atoms with Gasteiger partial charge in [0.25, 0.3) is 5.91 Å². The first-order valence-corrected chi connectivity index (χ1v) is 8.43. The molecule has 0 bridgehead atoms. The topological polar surface area (TPSA) is 84.9 Å². The zero-order valence-electron chi connectivity index (χ0n) is 13.4. The molecule has 0 aromatic carbocycles. The van der Waals surface area contributed by atoms with E-state index in [1.165, 1.54) is 17.8 Å². The number of fused-ring (bicyclic) bond motifs is 1. The summed E-state index contributed by atoms with van der Waals surface area (Å²) in [6.45, 7) is 6.11. The second kappa shape index (κ2) is 7.54. The first-order valence-electron chi connectivity index (χ1n) is 7.45. The van der Waals surface area contributed by atoms with Crippen LogP contribution in [-0.4, -0.2) is 47.9 Å². The number of amides is 2. The number of rotatable bonds is 4. The van der Waals surface area contributed by atoms with Gasteiger partial charge < -0.3 is 14.4 Å². The van der Waals surface area contributed by atoms with E-state index in [0.717, 1.165) is 10.7 Å². The zero-order valence-corrected chi connectivity index (χ0v) is 14.2. The molecule has 0 radical (unpaired) electrons. The van der Waals surface area contributed by atoms with Crippen molar-refractivity contribution in [3.05, 3.63) is 22.4 Å². The predicted octanol–water partition coefficient (Wildman–Crippen LogP) is 1.76. The van der Waals surface area contributed by atoms with E-state index in [2.05, 4.69) is 10.1 Å². The van der Waals surface area contributed by atoms with Gasteiger partial charge in [0, 0.05) is 30.5 Å². The second-order valence-electron chi connectivity index (χ2n) is 5.27. The van der Waals surface area contributed by atoms with Crippen molar-refractivity contribution in [1.82, 2.24) is 10.2 Å². The van der Waals surface area contributed by atoms with Crippen LogP contribution in [-0.2, 0) is 19.1 Å². The highest BCUT2D eigenvalue weighted by Gasteiger charge is 2.35. The van der Waals surface area contributed by atoms with Crippen LogP contribution in [0.25, 0.3) is 0 Å². The summed E-state index contributed by atoms with van der Waals surface area (Å²) in [4.78, 5) is 37.0. The summed E-state index contributed by atoms with van der Waals surface area (Å²) in [6, 6.07) is 0. The summed E-state index contributed by atoms with van der Waals surface area (Å²) >= 11 is 1.50. The lowest BCUT2D eigenvalue weighted by molar-refractivity contribution is -0.142. The van der Waals surface area contributed by atoms with Gasteiger partial charge in [-0.1, -0.05) is 0 Å². The van der Waals surface area contributed by atoms with E-state index >= 15 is 0 Å². The molecule has 0 aromatic heterocycles. The first kappa shape index (κ1) is 17.4. The van der Waals surface area contributed by atoms with Crippen molar-refractivity contribution in [1.29, 1.82) is 0 Å². The van der Waals surface area contributed by atoms with Crippen molar-refractivity contribution in [2.45, 2.75) is 33.3 Å². The Bertz CT molecular complexity index is 582. The minimum atomic E-state index is -0.765. The molecule has 1 saturated heterocycles. The number of carbonyl (C=O) groups excluding carboxylic acids is 3. The number of ether oxygens (including phenoxy) is 2. The standard InChI is InChI=1S/C15H20N2O5S/c1-4-21-15(20)16-12(18)7-10-8-23-13-11(5-6-17(10)13)14(19)22-9(2)3/h7,9H,4-6,8H2,1-3H3,(H,16,18,20). The van der Waals surface area contributed by atoms with Gasteiger partial charge in [-0.05, 0) is 20.8 Å². The van der Waals surface area contributed by atoms with Crippen molar-refractivity contribution in [2.75, 3.05) is 18.9 Å². The lowest BCUT2D eigenvalue weighted by Crippen LogP contribution is -2.30. The molecular formula is C15H20N2O5S. The van der Waals surface area contributed by atoms with Crippen LogP contribution in [0.5, 0.6) is 0 Å². The van der Waals surface area contributed by atoms with Crippen molar-refractivity contribution in [3.63, 3.8) is 0 Å². The third-order valence-corrected chi connectivity index (χ3v) is 4.36. The van der Waals surface area contributed by atoms with E-state index in [1.807, 2.05) is 18.7 Å². The summed E-state index contributed by atoms with van der Waals surface area (Å²) in [5.41, 5.74) is 1.41. The van der Waals surface area contributed by atoms with Crippen LogP contribution in [0.3, 0.4) is 0 Å². The molecule has 7 nitrogen and oxygen atoms in total. The number of hydrogen-bond acceptors (Lipinski definition) is 7. The molecule has 1 fully saturated rings. The minimum Gasteiger partial charge on any atom is -0.460 e. The van der Waals surface area contributed by atoms with Crippen LogP contribution < -0.4 is 5.32 Å². The molecule has 0 saturated carbocycles. The Balaban J connectivity index is 2.05. The molecule has 0 atom stereocenters. The highest BCUT2D eigenvalue weighted by molar-refractivity contribution is 8.03. The Labute approximate surface area is 139 Å². The molecular weight excluding hydrogens is 320 g/mol. The Kier molecular flexibility index (Phi) is 5.70. The molecule has 2 amide bonds. The van der Waals surface area contributed by atoms with Crippen molar-refractivity contribution >= 4 is 29.7 Å². The number of nitrogens with zero attached hydrogens (tertiary/aromatic N) is 1. The second-order valence-corrected chi connectivity index (χ2v) is 6.24. The van der Waals surface area contributed by atoms with E-state index in [4.69, 9.17) is 4.74 Å². The van der Waals surface area contributed by atoms with Crippen LogP contribution in [0.4, 0.5) is 4.79 Å². The highest BCUT2D eigenvalue weighted by Crippen LogP contribution is 2.42. The van der Waals surface area contributed by atoms with Gasteiger partial charge in [-0.15, -0.1) is 11.8 Å². The molecule has 2 heterocycles. The monoisotopic (exact) mass is 340 g/mol. The number of hydrogen-bond donors (Lipinski definition) is 1. The predicted molar refractivity (Wildman–Crippen MR) is 85.3 cm³/mol. The maximum atomic E-state index is 12.1. The van der Waals surface area contributed by atoms with Crippen molar-refractivity contribution < 1.29 is 23.9 Å². The minimum absolute atomic E-state index is 0.165. The zero-order chi connectivity index (χ0) is 17.0. The van der Waals surface area contributed by atoms with Crippen LogP contribution in [0.1, 0.15) is 27.2 Å². The molecule has 2 aliphatic rings. The Morgan fingerprint density at radius 1 is 1.39 bits per heavy atom. The highest BCUT2D eigenvalue weighted by atomic mass is 32.2. The normalized spacial score (nSPS) is 18.4. The van der Waals surface area contributed by atoms with Gasteiger partial charge in [-0.2, -0.15) is 0 Å². The maximum absolute atomic E-state index is 12.1. The molecule has 0 aromatic rings. The third-order valence-electron chi connectivity index (χ3n) is 3.18. The number of thioether (sulfide) groups is 1. The fraction of sp³-hybridized carbons (Fsp3) is 0.533. The third kappa shape index (κ3) is 4.28. The molecule has 1 N–H and O–H groups in total. The van der Waals surface area contributed by atoms with Crippen LogP contribution >= 0.6 is 11.8 Å². The van der Waals surface area contributed by atoms with Gasteiger partial charge in [0.15, 0.2) is 0 Å². The molecule has 126 valence electrons. The molecule has 0 aliphatic carbocycles. The average molecular weight is 340 g/mol. The molecule has 23 heavy (non-hydrogen) atoms. The van der Waals surface area contributed by atoms with E-state index in [0.29, 0.717) is 24.3 Å². The summed E-state index contributed by atoms with van der Waals surface area (Å²) in [7, 11) is 0. The average Bonchev–Trinajstić information content (AvgIpc) is 3.01. The van der Waals surface area contributed by atoms with Gasteiger partial charge in [0.2, 0.25) is 0 Å². The number of carbonyl (C=O) groups is 3. The van der Waals surface area contributed by atoms with E-state index in [-0.39, 0.29) is 18.7 Å². The Morgan fingerprint density at radius 2 is 2.13 bits per heavy atom. The quantitative estimate of drug-likeness (QED) is 0.616. The summed E-state index contributed by atoms with van der Waals surface area (Å²) in [5, 5.41) is 2.97. The molecule has 0 spiro atoms. The van der Waals surface area contributed by atoms with Crippen LogP contribution in [0.15, 0.2) is 22.4 Å². The molecule has 2 aliphatic heterocycles. The summed E-state index contributed by atoms with van der Waals surface area (Å²) in [6.07, 6.45) is 1.03. The Morgan fingerprint density at radius 3 is 2.78 bits per heavy atom. The van der Waals surface area contributed by atoms with Gasteiger partial charge in [-0.25, -0.2) is 9.59 Å². The SMILES string of the molecule is CCOC(=O)NC(=O)C=C1CSC2=C(C(=O)OC(C)C)CCN12. The van der Waals surface area contributed by atoms with Crippen molar-refractivity contribution in [3.8, 4) is 0 Å². The summed E-state index contributed by atoms with van der Waals surface area (Å²) in [5.74, 6) is -0.259. The van der Waals surface area contributed by atoms with Gasteiger partial charge >= 0.3 is 12.1 Å². The smallest absolute Gasteiger partial charge is 0.414 e. The fourth-order valence-electron chi connectivity index (χ4n) is 2.30. The van der Waals surface area contributed by atoms with Crippen molar-refractivity contribution in [2.24, 2.45) is 0 Å². The Hall–Kier alpha value is -1.96. The van der Waals surface area contributed by atoms with Crippen LogP contribution in [0, 0.1) is 0 Å². The van der Waals surface area contributed by atoms with E-state index < -0.39 is 12.0 Å². The van der Waals surface area contributed by atoms with Crippen LogP contribution in [0.2, 0.25) is 0 Å². The largest absolute Gasteiger partial charge is 0.460 e. The number of alkyl carbamates (subject to hydrolysis) is 1.